The highest BCUT2D eigenvalue weighted by Crippen LogP contribution is 2.22. The Hall–Kier alpha value is -1.71. The van der Waals surface area contributed by atoms with E-state index in [2.05, 4.69) is 9.97 Å². The lowest BCUT2D eigenvalue weighted by molar-refractivity contribution is 0.0978. The number of sulfonamides is 1. The van der Waals surface area contributed by atoms with Gasteiger partial charge >= 0.3 is 0 Å². The minimum absolute atomic E-state index is 0.0650. The van der Waals surface area contributed by atoms with Gasteiger partial charge in [0.2, 0.25) is 0 Å². The molecule has 1 unspecified atom stereocenters. The number of imidazole rings is 2. The molecule has 1 atom stereocenters. The van der Waals surface area contributed by atoms with Gasteiger partial charge < -0.3 is 13.9 Å². The van der Waals surface area contributed by atoms with E-state index in [1.165, 1.54) is 16.8 Å². The second-order valence-electron chi connectivity index (χ2n) is 5.70. The summed E-state index contributed by atoms with van der Waals surface area (Å²) in [6.07, 6.45) is 6.59. The van der Waals surface area contributed by atoms with Crippen molar-refractivity contribution in [2.45, 2.75) is 25.0 Å². The fraction of sp³-hybridized carbons (Fsp3) is 0.571. The standard InChI is InChI=1S/C14H21N5O3S/c1-3-22-10-12-6-18-5-4-15-13(18)8-19(7-12)23(20,21)14-9-17(2)11-16-14/h4-5,9,11-12H,3,6-8,10H2,1-2H3. The fourth-order valence-corrected chi connectivity index (χ4v) is 4.17. The molecule has 0 amide bonds. The average Bonchev–Trinajstić information content (AvgIpc) is 3.10. The summed E-state index contributed by atoms with van der Waals surface area (Å²) in [5.41, 5.74) is 0. The second-order valence-corrected chi connectivity index (χ2v) is 7.58. The molecule has 0 aliphatic carbocycles. The third-order valence-corrected chi connectivity index (χ3v) is 5.58. The molecule has 0 aromatic carbocycles. The molecular formula is C14H21N5O3S. The molecule has 3 rings (SSSR count). The minimum atomic E-state index is -3.65. The quantitative estimate of drug-likeness (QED) is 0.791. The van der Waals surface area contributed by atoms with Crippen LogP contribution in [-0.4, -0.2) is 51.6 Å². The predicted molar refractivity (Wildman–Crippen MR) is 83.0 cm³/mol. The Balaban J connectivity index is 1.91. The first-order valence-electron chi connectivity index (χ1n) is 7.56. The molecule has 8 nitrogen and oxygen atoms in total. The number of hydrogen-bond donors (Lipinski definition) is 0. The van der Waals surface area contributed by atoms with Crippen molar-refractivity contribution in [3.8, 4) is 0 Å². The molecule has 1 aliphatic heterocycles. The van der Waals surface area contributed by atoms with Crippen molar-refractivity contribution >= 4 is 10.0 Å². The van der Waals surface area contributed by atoms with E-state index in [1.54, 1.807) is 17.8 Å². The Morgan fingerprint density at radius 1 is 1.35 bits per heavy atom. The molecule has 0 bridgehead atoms. The predicted octanol–water partition coefficient (Wildman–Crippen LogP) is 0.474. The molecule has 23 heavy (non-hydrogen) atoms. The molecule has 9 heteroatoms. The summed E-state index contributed by atoms with van der Waals surface area (Å²) >= 11 is 0. The highest BCUT2D eigenvalue weighted by molar-refractivity contribution is 7.89. The van der Waals surface area contributed by atoms with E-state index in [1.807, 2.05) is 17.7 Å². The Kier molecular flexibility index (Phi) is 4.51. The van der Waals surface area contributed by atoms with Gasteiger partial charge in [-0.1, -0.05) is 0 Å². The van der Waals surface area contributed by atoms with Gasteiger partial charge in [0.05, 0.1) is 19.5 Å². The van der Waals surface area contributed by atoms with Crippen molar-refractivity contribution in [2.75, 3.05) is 19.8 Å². The zero-order valence-corrected chi connectivity index (χ0v) is 14.1. The fourth-order valence-electron chi connectivity index (χ4n) is 2.73. The summed E-state index contributed by atoms with van der Waals surface area (Å²) in [6.45, 7) is 4.39. The van der Waals surface area contributed by atoms with E-state index >= 15 is 0 Å². The van der Waals surface area contributed by atoms with Crippen molar-refractivity contribution in [1.29, 1.82) is 0 Å². The number of rotatable bonds is 5. The maximum absolute atomic E-state index is 12.9. The normalized spacial score (nSPS) is 19.5. The van der Waals surface area contributed by atoms with Gasteiger partial charge in [-0.05, 0) is 6.92 Å². The Labute approximate surface area is 135 Å². The number of aromatic nitrogens is 4. The Morgan fingerprint density at radius 3 is 2.87 bits per heavy atom. The van der Waals surface area contributed by atoms with Crippen LogP contribution in [0.3, 0.4) is 0 Å². The SMILES string of the molecule is CCOCC1CN(S(=O)(=O)c2cn(C)cn2)Cc2nccn2C1. The van der Waals surface area contributed by atoms with Gasteiger partial charge in [0.1, 0.15) is 5.82 Å². The molecule has 0 saturated heterocycles. The molecule has 0 radical (unpaired) electrons. The molecule has 2 aromatic rings. The summed E-state index contributed by atoms with van der Waals surface area (Å²) in [5.74, 6) is 0.812. The van der Waals surface area contributed by atoms with Crippen LogP contribution in [0.1, 0.15) is 12.7 Å². The van der Waals surface area contributed by atoms with Crippen molar-refractivity contribution in [3.05, 3.63) is 30.7 Å². The van der Waals surface area contributed by atoms with Crippen molar-refractivity contribution in [3.63, 3.8) is 0 Å². The topological polar surface area (TPSA) is 82.2 Å². The summed E-state index contributed by atoms with van der Waals surface area (Å²) < 4.78 is 36.3. The van der Waals surface area contributed by atoms with Gasteiger partial charge in [0.15, 0.2) is 5.03 Å². The summed E-state index contributed by atoms with van der Waals surface area (Å²) in [5, 5.41) is 0.0650. The maximum Gasteiger partial charge on any atom is 0.262 e. The lowest BCUT2D eigenvalue weighted by atomic mass is 10.1. The molecular weight excluding hydrogens is 318 g/mol. The van der Waals surface area contributed by atoms with Gasteiger partial charge in [0, 0.05) is 51.3 Å². The maximum atomic E-state index is 12.9. The van der Waals surface area contributed by atoms with E-state index in [0.29, 0.717) is 26.3 Å². The first-order valence-corrected chi connectivity index (χ1v) is 9.00. The van der Waals surface area contributed by atoms with Crippen LogP contribution < -0.4 is 0 Å². The first kappa shape index (κ1) is 16.2. The highest BCUT2D eigenvalue weighted by Gasteiger charge is 2.32. The third kappa shape index (κ3) is 3.31. The summed E-state index contributed by atoms with van der Waals surface area (Å²) in [4.78, 5) is 8.28. The van der Waals surface area contributed by atoms with Crippen LogP contribution in [0.4, 0.5) is 0 Å². The van der Waals surface area contributed by atoms with Crippen LogP contribution >= 0.6 is 0 Å². The van der Waals surface area contributed by atoms with Gasteiger partial charge in [0.25, 0.3) is 10.0 Å². The van der Waals surface area contributed by atoms with Gasteiger partial charge in [-0.15, -0.1) is 0 Å². The molecule has 2 aromatic heterocycles. The lowest BCUT2D eigenvalue weighted by Gasteiger charge is -2.22. The average molecular weight is 339 g/mol. The zero-order valence-electron chi connectivity index (χ0n) is 13.3. The molecule has 0 fully saturated rings. The van der Waals surface area contributed by atoms with Crippen LogP contribution in [-0.2, 0) is 34.9 Å². The molecule has 3 heterocycles. The van der Waals surface area contributed by atoms with Gasteiger partial charge in [-0.2, -0.15) is 4.31 Å². The number of aryl methyl sites for hydroxylation is 1. The number of ether oxygens (including phenoxy) is 1. The van der Waals surface area contributed by atoms with E-state index in [0.717, 1.165) is 5.82 Å². The smallest absolute Gasteiger partial charge is 0.262 e. The molecule has 0 saturated carbocycles. The highest BCUT2D eigenvalue weighted by atomic mass is 32.2. The van der Waals surface area contributed by atoms with Crippen molar-refractivity contribution in [2.24, 2.45) is 13.0 Å². The largest absolute Gasteiger partial charge is 0.381 e. The van der Waals surface area contributed by atoms with E-state index in [-0.39, 0.29) is 17.5 Å². The first-order chi connectivity index (χ1) is 11.0. The van der Waals surface area contributed by atoms with Crippen LogP contribution in [0.15, 0.2) is 29.9 Å². The van der Waals surface area contributed by atoms with Crippen LogP contribution in [0.5, 0.6) is 0 Å². The van der Waals surface area contributed by atoms with Crippen molar-refractivity contribution in [1.82, 2.24) is 23.4 Å². The molecule has 0 N–H and O–H groups in total. The van der Waals surface area contributed by atoms with Crippen LogP contribution in [0, 0.1) is 5.92 Å². The second kappa shape index (κ2) is 6.42. The number of fused-ring (bicyclic) bond motifs is 1. The molecule has 126 valence electrons. The van der Waals surface area contributed by atoms with Crippen LogP contribution in [0.2, 0.25) is 0 Å². The molecule has 0 spiro atoms. The van der Waals surface area contributed by atoms with E-state index < -0.39 is 10.0 Å². The van der Waals surface area contributed by atoms with Gasteiger partial charge in [-0.25, -0.2) is 18.4 Å². The number of hydrogen-bond acceptors (Lipinski definition) is 5. The van der Waals surface area contributed by atoms with Crippen molar-refractivity contribution < 1.29 is 13.2 Å². The summed E-state index contributed by atoms with van der Waals surface area (Å²) in [7, 11) is -1.90. The Morgan fingerprint density at radius 2 is 2.17 bits per heavy atom. The number of nitrogens with zero attached hydrogens (tertiary/aromatic N) is 5. The molecule has 1 aliphatic rings. The van der Waals surface area contributed by atoms with E-state index in [9.17, 15) is 8.42 Å². The lowest BCUT2D eigenvalue weighted by Crippen LogP contribution is -2.35. The monoisotopic (exact) mass is 339 g/mol. The van der Waals surface area contributed by atoms with E-state index in [4.69, 9.17) is 4.74 Å². The third-order valence-electron chi connectivity index (χ3n) is 3.88. The summed E-state index contributed by atoms with van der Waals surface area (Å²) in [6, 6.07) is 0. The minimum Gasteiger partial charge on any atom is -0.381 e. The Bertz CT molecular complexity index is 767. The zero-order chi connectivity index (χ0) is 16.4. The van der Waals surface area contributed by atoms with Gasteiger partial charge in [-0.3, -0.25) is 0 Å². The van der Waals surface area contributed by atoms with Crippen LogP contribution in [0.25, 0.3) is 0 Å².